The van der Waals surface area contributed by atoms with Crippen LogP contribution in [-0.4, -0.2) is 26.4 Å². The first kappa shape index (κ1) is 18.8. The quantitative estimate of drug-likeness (QED) is 0.529. The van der Waals surface area contributed by atoms with Crippen molar-refractivity contribution >= 4 is 33.3 Å². The van der Waals surface area contributed by atoms with Gasteiger partial charge in [-0.1, -0.05) is 30.3 Å². The summed E-state index contributed by atoms with van der Waals surface area (Å²) in [5, 5.41) is 2.77. The van der Waals surface area contributed by atoms with Crippen LogP contribution in [0.2, 0.25) is 0 Å². The minimum atomic E-state index is -0.315. The van der Waals surface area contributed by atoms with Crippen LogP contribution in [0, 0.1) is 0 Å². The minimum absolute atomic E-state index is 0.131. The molecule has 8 heteroatoms. The molecule has 2 aromatic carbocycles. The highest BCUT2D eigenvalue weighted by atomic mass is 32.1. The number of carbonyl (C=O) groups is 1. The Balaban J connectivity index is 1.53. The Morgan fingerprint density at radius 2 is 1.90 bits per heavy atom. The molecular formula is C21H18N4O3S. The Labute approximate surface area is 170 Å². The molecule has 0 spiro atoms. The largest absolute Gasteiger partial charge is 0.494 e. The molecule has 0 aliphatic heterocycles. The fourth-order valence-corrected chi connectivity index (χ4v) is 3.72. The van der Waals surface area contributed by atoms with E-state index in [0.717, 1.165) is 22.8 Å². The van der Waals surface area contributed by atoms with Crippen molar-refractivity contribution in [1.29, 1.82) is 0 Å². The molecule has 4 aromatic rings. The molecule has 2 aromatic heterocycles. The highest BCUT2D eigenvalue weighted by Gasteiger charge is 2.15. The van der Waals surface area contributed by atoms with Crippen molar-refractivity contribution < 1.29 is 9.53 Å². The number of hydrogen-bond donors (Lipinski definition) is 1. The van der Waals surface area contributed by atoms with Gasteiger partial charge in [-0.25, -0.2) is 4.98 Å². The lowest BCUT2D eigenvalue weighted by Gasteiger charge is -2.08. The molecule has 0 unspecified atom stereocenters. The van der Waals surface area contributed by atoms with Gasteiger partial charge in [0.1, 0.15) is 28.2 Å². The standard InChI is InChI=1S/C21H18N4O3S/c1-2-28-16-10-8-15(9-11-16)23-17(26)12-25-13-22-19-18(14-6-4-3-5-7-14)24-29-20(19)21(25)27/h3-11,13H,2,12H2,1H3,(H,23,26). The molecule has 146 valence electrons. The summed E-state index contributed by atoms with van der Waals surface area (Å²) < 4.78 is 11.5. The summed E-state index contributed by atoms with van der Waals surface area (Å²) in [5.74, 6) is 0.418. The van der Waals surface area contributed by atoms with Crippen LogP contribution in [0.15, 0.2) is 65.7 Å². The van der Waals surface area contributed by atoms with Gasteiger partial charge < -0.3 is 10.1 Å². The zero-order chi connectivity index (χ0) is 20.2. The number of ether oxygens (including phenoxy) is 1. The van der Waals surface area contributed by atoms with Crippen LogP contribution in [0.3, 0.4) is 0 Å². The van der Waals surface area contributed by atoms with E-state index in [1.165, 1.54) is 10.9 Å². The van der Waals surface area contributed by atoms with Gasteiger partial charge >= 0.3 is 0 Å². The summed E-state index contributed by atoms with van der Waals surface area (Å²) in [6, 6.07) is 16.6. The van der Waals surface area contributed by atoms with Gasteiger partial charge in [0, 0.05) is 11.3 Å². The number of benzene rings is 2. The Hall–Kier alpha value is -3.52. The van der Waals surface area contributed by atoms with Crippen molar-refractivity contribution in [2.24, 2.45) is 0 Å². The van der Waals surface area contributed by atoms with E-state index in [2.05, 4.69) is 14.7 Å². The molecule has 2 heterocycles. The number of anilines is 1. The molecule has 7 nitrogen and oxygen atoms in total. The fraction of sp³-hybridized carbons (Fsp3) is 0.143. The number of aromatic nitrogens is 3. The maximum atomic E-state index is 12.8. The third-order valence-corrected chi connectivity index (χ3v) is 5.08. The van der Waals surface area contributed by atoms with Crippen LogP contribution in [0.4, 0.5) is 5.69 Å². The SMILES string of the molecule is CCOc1ccc(NC(=O)Cn2cnc3c(-c4ccccc4)nsc3c2=O)cc1. The number of fused-ring (bicyclic) bond motifs is 1. The summed E-state index contributed by atoms with van der Waals surface area (Å²) in [5.41, 5.74) is 2.47. The summed E-state index contributed by atoms with van der Waals surface area (Å²) in [6.45, 7) is 2.35. The molecule has 0 atom stereocenters. The van der Waals surface area contributed by atoms with Crippen LogP contribution in [0.25, 0.3) is 21.5 Å². The van der Waals surface area contributed by atoms with E-state index in [-0.39, 0.29) is 18.0 Å². The van der Waals surface area contributed by atoms with Gasteiger partial charge in [0.05, 0.1) is 12.9 Å². The van der Waals surface area contributed by atoms with Crippen LogP contribution >= 0.6 is 11.5 Å². The van der Waals surface area contributed by atoms with Crippen molar-refractivity contribution in [1.82, 2.24) is 13.9 Å². The number of rotatable bonds is 6. The van der Waals surface area contributed by atoms with E-state index in [9.17, 15) is 9.59 Å². The van der Waals surface area contributed by atoms with Crippen molar-refractivity contribution in [2.45, 2.75) is 13.5 Å². The molecule has 29 heavy (non-hydrogen) atoms. The van der Waals surface area contributed by atoms with E-state index >= 15 is 0 Å². The molecule has 0 fully saturated rings. The van der Waals surface area contributed by atoms with Crippen LogP contribution in [-0.2, 0) is 11.3 Å². The van der Waals surface area contributed by atoms with Gasteiger partial charge in [-0.2, -0.15) is 4.37 Å². The Bertz CT molecular complexity index is 1200. The molecule has 4 rings (SSSR count). The van der Waals surface area contributed by atoms with Gasteiger partial charge in [-0.05, 0) is 42.7 Å². The van der Waals surface area contributed by atoms with E-state index in [0.29, 0.717) is 28.2 Å². The highest BCUT2D eigenvalue weighted by Crippen LogP contribution is 2.26. The van der Waals surface area contributed by atoms with Crippen molar-refractivity contribution in [3.05, 3.63) is 71.3 Å². The van der Waals surface area contributed by atoms with Gasteiger partial charge in [0.2, 0.25) is 5.91 Å². The third-order valence-electron chi connectivity index (χ3n) is 4.26. The summed E-state index contributed by atoms with van der Waals surface area (Å²) in [4.78, 5) is 29.5. The monoisotopic (exact) mass is 406 g/mol. The summed E-state index contributed by atoms with van der Waals surface area (Å²) >= 11 is 1.10. The lowest BCUT2D eigenvalue weighted by atomic mass is 10.1. The van der Waals surface area contributed by atoms with Crippen LogP contribution in [0.5, 0.6) is 5.75 Å². The number of amides is 1. The second-order valence-corrected chi connectivity index (χ2v) is 7.03. The molecule has 0 aliphatic rings. The maximum Gasteiger partial charge on any atom is 0.273 e. The lowest BCUT2D eigenvalue weighted by Crippen LogP contribution is -2.27. The lowest BCUT2D eigenvalue weighted by molar-refractivity contribution is -0.116. The minimum Gasteiger partial charge on any atom is -0.494 e. The van der Waals surface area contributed by atoms with E-state index in [1.54, 1.807) is 24.3 Å². The van der Waals surface area contributed by atoms with Crippen LogP contribution < -0.4 is 15.6 Å². The number of nitrogens with one attached hydrogen (secondary N) is 1. The van der Waals surface area contributed by atoms with Crippen LogP contribution in [0.1, 0.15) is 6.92 Å². The molecule has 1 N–H and O–H groups in total. The fourth-order valence-electron chi connectivity index (χ4n) is 2.91. The average molecular weight is 406 g/mol. The first-order valence-electron chi connectivity index (χ1n) is 9.08. The second kappa shape index (κ2) is 8.24. The molecular weight excluding hydrogens is 388 g/mol. The van der Waals surface area contributed by atoms with E-state index in [1.807, 2.05) is 37.3 Å². The Morgan fingerprint density at radius 3 is 2.62 bits per heavy atom. The predicted octanol–water partition coefficient (Wildman–Crippen LogP) is 3.56. The average Bonchev–Trinajstić information content (AvgIpc) is 3.17. The van der Waals surface area contributed by atoms with Gasteiger partial charge in [0.15, 0.2) is 0 Å². The van der Waals surface area contributed by atoms with Crippen molar-refractivity contribution in [3.8, 4) is 17.0 Å². The Morgan fingerprint density at radius 1 is 1.14 bits per heavy atom. The number of carbonyl (C=O) groups excluding carboxylic acids is 1. The van der Waals surface area contributed by atoms with Gasteiger partial charge in [-0.3, -0.25) is 14.2 Å². The maximum absolute atomic E-state index is 12.8. The summed E-state index contributed by atoms with van der Waals surface area (Å²) in [7, 11) is 0. The number of nitrogens with zero attached hydrogens (tertiary/aromatic N) is 3. The number of hydrogen-bond acceptors (Lipinski definition) is 6. The van der Waals surface area contributed by atoms with Crippen molar-refractivity contribution in [3.63, 3.8) is 0 Å². The van der Waals surface area contributed by atoms with Gasteiger partial charge in [-0.15, -0.1) is 0 Å². The third kappa shape index (κ3) is 4.02. The van der Waals surface area contributed by atoms with Gasteiger partial charge in [0.25, 0.3) is 5.56 Å². The molecule has 0 bridgehead atoms. The normalized spacial score (nSPS) is 10.8. The topological polar surface area (TPSA) is 86.1 Å². The van der Waals surface area contributed by atoms with E-state index < -0.39 is 0 Å². The van der Waals surface area contributed by atoms with Crippen molar-refractivity contribution in [2.75, 3.05) is 11.9 Å². The zero-order valence-electron chi connectivity index (χ0n) is 15.7. The zero-order valence-corrected chi connectivity index (χ0v) is 16.5. The molecule has 0 saturated carbocycles. The molecule has 0 aliphatic carbocycles. The molecule has 1 amide bonds. The highest BCUT2D eigenvalue weighted by molar-refractivity contribution is 7.13. The van der Waals surface area contributed by atoms with E-state index in [4.69, 9.17) is 4.74 Å². The molecule has 0 radical (unpaired) electrons. The predicted molar refractivity (Wildman–Crippen MR) is 113 cm³/mol. The second-order valence-electron chi connectivity index (χ2n) is 6.26. The molecule has 0 saturated heterocycles. The Kier molecular flexibility index (Phi) is 5.35. The first-order chi connectivity index (χ1) is 14.2. The first-order valence-corrected chi connectivity index (χ1v) is 9.86. The summed E-state index contributed by atoms with van der Waals surface area (Å²) in [6.07, 6.45) is 1.39. The smallest absolute Gasteiger partial charge is 0.273 e.